The molecule has 0 amide bonds. The summed E-state index contributed by atoms with van der Waals surface area (Å²) >= 11 is 1.69. The van der Waals surface area contributed by atoms with Crippen LogP contribution in [0.3, 0.4) is 0 Å². The summed E-state index contributed by atoms with van der Waals surface area (Å²) in [6.45, 7) is 0. The molecular weight excluding hydrogens is 170 g/mol. The lowest BCUT2D eigenvalue weighted by Gasteiger charge is -2.02. The van der Waals surface area contributed by atoms with Crippen LogP contribution in [0.4, 0.5) is 0 Å². The second-order valence-corrected chi connectivity index (χ2v) is 4.26. The number of aromatic nitrogens is 1. The number of ketones is 1. The maximum Gasteiger partial charge on any atom is 0.133 e. The number of thiazole rings is 1. The molecule has 2 rings (SSSR count). The molecule has 1 aromatic rings. The molecule has 1 aliphatic carbocycles. The number of carbonyl (C=O) groups excluding carboxylic acids is 1. The van der Waals surface area contributed by atoms with E-state index < -0.39 is 0 Å². The molecule has 1 aromatic heterocycles. The van der Waals surface area contributed by atoms with E-state index in [4.69, 9.17) is 0 Å². The molecule has 1 heterocycles. The quantitative estimate of drug-likeness (QED) is 0.699. The lowest BCUT2D eigenvalue weighted by molar-refractivity contribution is -0.117. The molecule has 0 spiro atoms. The summed E-state index contributed by atoms with van der Waals surface area (Å²) in [5.74, 6) is 1.00. The highest BCUT2D eigenvalue weighted by Crippen LogP contribution is 2.26. The Bertz CT molecular complexity index is 268. The van der Waals surface area contributed by atoms with Gasteiger partial charge in [-0.15, -0.1) is 11.3 Å². The van der Waals surface area contributed by atoms with E-state index in [0.29, 0.717) is 11.7 Å². The maximum absolute atomic E-state index is 11.0. The van der Waals surface area contributed by atoms with Gasteiger partial charge in [0, 0.05) is 30.8 Å². The zero-order valence-corrected chi connectivity index (χ0v) is 7.64. The first kappa shape index (κ1) is 7.92. The number of hydrogen-bond acceptors (Lipinski definition) is 3. The fourth-order valence-corrected chi connectivity index (χ4v) is 2.40. The molecule has 0 radical (unpaired) electrons. The van der Waals surface area contributed by atoms with Crippen molar-refractivity contribution < 1.29 is 4.79 Å². The minimum absolute atomic E-state index is 0.427. The first-order valence-corrected chi connectivity index (χ1v) is 5.12. The Kier molecular flexibility index (Phi) is 2.21. The Morgan fingerprint density at radius 3 is 3.17 bits per heavy atom. The molecule has 0 N–H and O–H groups in total. The van der Waals surface area contributed by atoms with Crippen molar-refractivity contribution in [1.29, 1.82) is 0 Å². The Labute approximate surface area is 75.6 Å². The summed E-state index contributed by atoms with van der Waals surface area (Å²) in [6, 6.07) is 0. The van der Waals surface area contributed by atoms with E-state index >= 15 is 0 Å². The molecular formula is C9H11NOS. The van der Waals surface area contributed by atoms with Crippen molar-refractivity contribution >= 4 is 17.1 Å². The van der Waals surface area contributed by atoms with Crippen molar-refractivity contribution in [1.82, 2.24) is 4.98 Å². The molecule has 0 aliphatic heterocycles. The Balaban J connectivity index is 1.92. The van der Waals surface area contributed by atoms with Gasteiger partial charge in [-0.05, 0) is 12.3 Å². The van der Waals surface area contributed by atoms with Crippen molar-refractivity contribution in [3.8, 4) is 0 Å². The molecule has 64 valence electrons. The van der Waals surface area contributed by atoms with E-state index in [0.717, 1.165) is 25.7 Å². The standard InChI is InChI=1S/C9H11NOS/c11-8-2-1-7(5-8)6-9-10-3-4-12-9/h3-4,7H,1-2,5-6H2. The van der Waals surface area contributed by atoms with Crippen LogP contribution in [0, 0.1) is 5.92 Å². The molecule has 1 saturated carbocycles. The SMILES string of the molecule is O=C1CCC(Cc2nccs2)C1. The maximum atomic E-state index is 11.0. The average molecular weight is 181 g/mol. The van der Waals surface area contributed by atoms with Crippen LogP contribution in [0.2, 0.25) is 0 Å². The van der Waals surface area contributed by atoms with Crippen LogP contribution in [0.5, 0.6) is 0 Å². The van der Waals surface area contributed by atoms with Crippen LogP contribution >= 0.6 is 11.3 Å². The molecule has 1 aliphatic rings. The van der Waals surface area contributed by atoms with Gasteiger partial charge in [0.05, 0.1) is 5.01 Å². The van der Waals surface area contributed by atoms with Crippen LogP contribution in [0.25, 0.3) is 0 Å². The van der Waals surface area contributed by atoms with Gasteiger partial charge in [0.1, 0.15) is 5.78 Å². The molecule has 2 nitrogen and oxygen atoms in total. The van der Waals surface area contributed by atoms with Gasteiger partial charge in [-0.25, -0.2) is 4.98 Å². The second-order valence-electron chi connectivity index (χ2n) is 3.28. The molecule has 12 heavy (non-hydrogen) atoms. The second kappa shape index (κ2) is 3.35. The molecule has 0 bridgehead atoms. The van der Waals surface area contributed by atoms with Crippen LogP contribution in [-0.4, -0.2) is 10.8 Å². The van der Waals surface area contributed by atoms with Crippen LogP contribution in [0.1, 0.15) is 24.3 Å². The smallest absolute Gasteiger partial charge is 0.133 e. The van der Waals surface area contributed by atoms with E-state index in [9.17, 15) is 4.79 Å². The van der Waals surface area contributed by atoms with Crippen LogP contribution in [-0.2, 0) is 11.2 Å². The monoisotopic (exact) mass is 181 g/mol. The number of carbonyl (C=O) groups is 1. The minimum Gasteiger partial charge on any atom is -0.300 e. The van der Waals surface area contributed by atoms with Gasteiger partial charge in [-0.1, -0.05) is 0 Å². The molecule has 1 unspecified atom stereocenters. The summed E-state index contributed by atoms with van der Waals surface area (Å²) < 4.78 is 0. The van der Waals surface area contributed by atoms with E-state index in [1.165, 1.54) is 5.01 Å². The van der Waals surface area contributed by atoms with Crippen molar-refractivity contribution in [2.24, 2.45) is 5.92 Å². The number of nitrogens with zero attached hydrogens (tertiary/aromatic N) is 1. The molecule has 0 aromatic carbocycles. The fourth-order valence-electron chi connectivity index (χ4n) is 1.67. The van der Waals surface area contributed by atoms with Crippen LogP contribution in [0.15, 0.2) is 11.6 Å². The Hall–Kier alpha value is -0.700. The van der Waals surface area contributed by atoms with E-state index in [1.54, 1.807) is 11.3 Å². The third-order valence-electron chi connectivity index (χ3n) is 2.29. The van der Waals surface area contributed by atoms with E-state index in [-0.39, 0.29) is 0 Å². The van der Waals surface area contributed by atoms with Gasteiger partial charge in [0.2, 0.25) is 0 Å². The Morgan fingerprint density at radius 1 is 1.67 bits per heavy atom. The summed E-state index contributed by atoms with van der Waals surface area (Å²) in [4.78, 5) is 15.2. The predicted octanol–water partition coefficient (Wildman–Crippen LogP) is 2.05. The lowest BCUT2D eigenvalue weighted by Crippen LogP contribution is -1.99. The molecule has 3 heteroatoms. The number of Topliss-reactive ketones (excluding diaryl/α,β-unsaturated/α-hetero) is 1. The molecule has 1 atom stereocenters. The summed E-state index contributed by atoms with van der Waals surface area (Å²) in [6.07, 6.45) is 5.47. The van der Waals surface area contributed by atoms with Gasteiger partial charge >= 0.3 is 0 Å². The fraction of sp³-hybridized carbons (Fsp3) is 0.556. The van der Waals surface area contributed by atoms with Gasteiger partial charge in [-0.2, -0.15) is 0 Å². The van der Waals surface area contributed by atoms with Crippen LogP contribution < -0.4 is 0 Å². The van der Waals surface area contributed by atoms with Crippen molar-refractivity contribution in [3.05, 3.63) is 16.6 Å². The highest BCUT2D eigenvalue weighted by atomic mass is 32.1. The number of rotatable bonds is 2. The van der Waals surface area contributed by atoms with E-state index in [1.807, 2.05) is 11.6 Å². The highest BCUT2D eigenvalue weighted by molar-refractivity contribution is 7.09. The largest absolute Gasteiger partial charge is 0.300 e. The van der Waals surface area contributed by atoms with Gasteiger partial charge in [0.25, 0.3) is 0 Å². The van der Waals surface area contributed by atoms with E-state index in [2.05, 4.69) is 4.98 Å². The first-order valence-electron chi connectivity index (χ1n) is 4.24. The normalized spacial score (nSPS) is 23.3. The topological polar surface area (TPSA) is 30.0 Å². The average Bonchev–Trinajstić information content (AvgIpc) is 2.63. The minimum atomic E-state index is 0.427. The molecule has 0 saturated heterocycles. The third-order valence-corrected chi connectivity index (χ3v) is 3.10. The summed E-state index contributed by atoms with van der Waals surface area (Å²) in [5, 5.41) is 3.17. The lowest BCUT2D eigenvalue weighted by atomic mass is 10.1. The highest BCUT2D eigenvalue weighted by Gasteiger charge is 2.22. The van der Waals surface area contributed by atoms with Crippen molar-refractivity contribution in [2.75, 3.05) is 0 Å². The van der Waals surface area contributed by atoms with Crippen molar-refractivity contribution in [3.63, 3.8) is 0 Å². The van der Waals surface area contributed by atoms with Gasteiger partial charge < -0.3 is 0 Å². The Morgan fingerprint density at radius 2 is 2.58 bits per heavy atom. The molecule has 1 fully saturated rings. The van der Waals surface area contributed by atoms with Gasteiger partial charge in [-0.3, -0.25) is 4.79 Å². The zero-order valence-electron chi connectivity index (χ0n) is 6.82. The first-order chi connectivity index (χ1) is 5.84. The predicted molar refractivity (Wildman–Crippen MR) is 48.2 cm³/mol. The van der Waals surface area contributed by atoms with Crippen molar-refractivity contribution in [2.45, 2.75) is 25.7 Å². The number of hydrogen-bond donors (Lipinski definition) is 0. The third kappa shape index (κ3) is 1.72. The zero-order chi connectivity index (χ0) is 8.39. The van der Waals surface area contributed by atoms with Gasteiger partial charge in [0.15, 0.2) is 0 Å². The summed E-state index contributed by atoms with van der Waals surface area (Å²) in [5.41, 5.74) is 0. The summed E-state index contributed by atoms with van der Waals surface area (Å²) in [7, 11) is 0.